The highest BCUT2D eigenvalue weighted by Gasteiger charge is 2.02. The van der Waals surface area contributed by atoms with E-state index in [9.17, 15) is 0 Å². The average molecular weight is 278 g/mol. The molecule has 1 unspecified atom stereocenters. The van der Waals surface area contributed by atoms with E-state index in [1.807, 2.05) is 23.9 Å². The third-order valence-electron chi connectivity index (χ3n) is 1.87. The zero-order chi connectivity index (χ0) is 10.4. The van der Waals surface area contributed by atoms with Gasteiger partial charge >= 0.3 is 0 Å². The Bertz CT molecular complexity index is 264. The predicted molar refractivity (Wildman–Crippen MR) is 65.7 cm³/mol. The molecule has 4 heteroatoms. The van der Waals surface area contributed by atoms with Crippen molar-refractivity contribution in [1.29, 1.82) is 0 Å². The standard InChI is InChI=1S/C10H16BrNOS/c1-8(7-14-2)5-12-6-9-3-4-10(11)13-9/h3-4,8,12H,5-7H2,1-2H3. The number of halogens is 1. The Morgan fingerprint density at radius 1 is 1.57 bits per heavy atom. The molecule has 0 radical (unpaired) electrons. The first-order valence-corrected chi connectivity index (χ1v) is 6.85. The molecule has 80 valence electrons. The summed E-state index contributed by atoms with van der Waals surface area (Å²) in [5, 5.41) is 3.37. The molecule has 1 rings (SSSR count). The Labute approximate surface area is 98.0 Å². The monoisotopic (exact) mass is 277 g/mol. The molecular weight excluding hydrogens is 262 g/mol. The molecule has 0 aliphatic rings. The van der Waals surface area contributed by atoms with E-state index in [1.165, 1.54) is 5.75 Å². The summed E-state index contributed by atoms with van der Waals surface area (Å²) < 4.78 is 6.17. The van der Waals surface area contributed by atoms with Crippen LogP contribution in [-0.2, 0) is 6.54 Å². The maximum absolute atomic E-state index is 5.37. The van der Waals surface area contributed by atoms with Crippen LogP contribution in [0.1, 0.15) is 12.7 Å². The van der Waals surface area contributed by atoms with Gasteiger partial charge in [-0.1, -0.05) is 6.92 Å². The van der Waals surface area contributed by atoms with Gasteiger partial charge in [-0.25, -0.2) is 0 Å². The molecule has 0 saturated heterocycles. The average Bonchev–Trinajstić information content (AvgIpc) is 2.52. The number of hydrogen-bond acceptors (Lipinski definition) is 3. The van der Waals surface area contributed by atoms with E-state index in [2.05, 4.69) is 34.4 Å². The van der Waals surface area contributed by atoms with Gasteiger partial charge in [-0.05, 0) is 52.5 Å². The number of hydrogen-bond donors (Lipinski definition) is 1. The molecule has 0 saturated carbocycles. The largest absolute Gasteiger partial charge is 0.453 e. The van der Waals surface area contributed by atoms with E-state index in [0.717, 1.165) is 23.5 Å². The molecule has 1 aromatic heterocycles. The van der Waals surface area contributed by atoms with Crippen molar-refractivity contribution in [2.75, 3.05) is 18.6 Å². The number of furan rings is 1. The first-order valence-electron chi connectivity index (χ1n) is 4.66. The summed E-state index contributed by atoms with van der Waals surface area (Å²) in [5.41, 5.74) is 0. The molecule has 0 bridgehead atoms. The normalized spacial score (nSPS) is 13.1. The molecule has 1 heterocycles. The molecule has 0 amide bonds. The fourth-order valence-corrected chi connectivity index (χ4v) is 2.26. The molecule has 1 aromatic rings. The lowest BCUT2D eigenvalue weighted by Crippen LogP contribution is -2.21. The van der Waals surface area contributed by atoms with Gasteiger partial charge in [0.2, 0.25) is 0 Å². The maximum atomic E-state index is 5.37. The molecule has 1 N–H and O–H groups in total. The van der Waals surface area contributed by atoms with Crippen molar-refractivity contribution in [3.05, 3.63) is 22.6 Å². The minimum Gasteiger partial charge on any atom is -0.453 e. The number of nitrogens with one attached hydrogen (secondary N) is 1. The molecule has 0 aliphatic heterocycles. The van der Waals surface area contributed by atoms with E-state index in [4.69, 9.17) is 4.42 Å². The summed E-state index contributed by atoms with van der Waals surface area (Å²) in [6.45, 7) is 4.10. The summed E-state index contributed by atoms with van der Waals surface area (Å²) in [5.74, 6) is 2.89. The van der Waals surface area contributed by atoms with E-state index >= 15 is 0 Å². The summed E-state index contributed by atoms with van der Waals surface area (Å²) >= 11 is 5.17. The summed E-state index contributed by atoms with van der Waals surface area (Å²) in [6.07, 6.45) is 2.14. The Morgan fingerprint density at radius 3 is 2.93 bits per heavy atom. The van der Waals surface area contributed by atoms with Crippen LogP contribution in [0.15, 0.2) is 21.2 Å². The van der Waals surface area contributed by atoms with Crippen molar-refractivity contribution in [2.45, 2.75) is 13.5 Å². The topological polar surface area (TPSA) is 25.2 Å². The lowest BCUT2D eigenvalue weighted by molar-refractivity contribution is 0.452. The zero-order valence-electron chi connectivity index (χ0n) is 8.55. The van der Waals surface area contributed by atoms with Crippen LogP contribution >= 0.6 is 27.7 Å². The zero-order valence-corrected chi connectivity index (χ0v) is 11.0. The van der Waals surface area contributed by atoms with Crippen LogP contribution < -0.4 is 5.32 Å². The van der Waals surface area contributed by atoms with Gasteiger partial charge in [-0.15, -0.1) is 0 Å². The lowest BCUT2D eigenvalue weighted by Gasteiger charge is -2.09. The van der Waals surface area contributed by atoms with Crippen LogP contribution in [0.2, 0.25) is 0 Å². The molecule has 14 heavy (non-hydrogen) atoms. The Morgan fingerprint density at radius 2 is 2.36 bits per heavy atom. The van der Waals surface area contributed by atoms with Crippen molar-refractivity contribution >= 4 is 27.7 Å². The lowest BCUT2D eigenvalue weighted by atomic mass is 10.2. The smallest absolute Gasteiger partial charge is 0.169 e. The van der Waals surface area contributed by atoms with Crippen molar-refractivity contribution in [3.8, 4) is 0 Å². The van der Waals surface area contributed by atoms with E-state index in [0.29, 0.717) is 5.92 Å². The van der Waals surface area contributed by atoms with Gasteiger partial charge in [-0.2, -0.15) is 11.8 Å². The van der Waals surface area contributed by atoms with Gasteiger partial charge in [0.05, 0.1) is 6.54 Å². The summed E-state index contributed by atoms with van der Waals surface area (Å²) in [7, 11) is 0. The van der Waals surface area contributed by atoms with Crippen LogP contribution in [0.3, 0.4) is 0 Å². The fraction of sp³-hybridized carbons (Fsp3) is 0.600. The molecular formula is C10H16BrNOS. The fourth-order valence-electron chi connectivity index (χ4n) is 1.23. The van der Waals surface area contributed by atoms with Gasteiger partial charge in [0.1, 0.15) is 5.76 Å². The van der Waals surface area contributed by atoms with Gasteiger partial charge in [0.15, 0.2) is 4.67 Å². The Hall–Kier alpha value is 0.0700. The van der Waals surface area contributed by atoms with Crippen molar-refractivity contribution < 1.29 is 4.42 Å². The Kier molecular flexibility index (Phi) is 5.67. The molecule has 2 nitrogen and oxygen atoms in total. The first-order chi connectivity index (χ1) is 6.72. The van der Waals surface area contributed by atoms with Crippen molar-refractivity contribution in [3.63, 3.8) is 0 Å². The van der Waals surface area contributed by atoms with Gasteiger partial charge < -0.3 is 9.73 Å². The summed E-state index contributed by atoms with van der Waals surface area (Å²) in [6, 6.07) is 3.90. The van der Waals surface area contributed by atoms with E-state index in [1.54, 1.807) is 0 Å². The van der Waals surface area contributed by atoms with Crippen LogP contribution in [0.5, 0.6) is 0 Å². The SMILES string of the molecule is CSCC(C)CNCc1ccc(Br)o1. The molecule has 0 aromatic carbocycles. The highest BCUT2D eigenvalue weighted by atomic mass is 79.9. The highest BCUT2D eigenvalue weighted by Crippen LogP contribution is 2.13. The minimum atomic E-state index is 0.711. The van der Waals surface area contributed by atoms with Gasteiger partial charge in [-0.3, -0.25) is 0 Å². The molecule has 1 atom stereocenters. The van der Waals surface area contributed by atoms with Gasteiger partial charge in [0.25, 0.3) is 0 Å². The maximum Gasteiger partial charge on any atom is 0.169 e. The van der Waals surface area contributed by atoms with Gasteiger partial charge in [0, 0.05) is 0 Å². The number of rotatable bonds is 6. The van der Waals surface area contributed by atoms with Crippen LogP contribution in [-0.4, -0.2) is 18.6 Å². The van der Waals surface area contributed by atoms with Crippen LogP contribution in [0.4, 0.5) is 0 Å². The second kappa shape index (κ2) is 6.53. The third kappa shape index (κ3) is 4.53. The number of thioether (sulfide) groups is 1. The van der Waals surface area contributed by atoms with Crippen LogP contribution in [0, 0.1) is 5.92 Å². The Balaban J connectivity index is 2.15. The first kappa shape index (κ1) is 12.1. The summed E-state index contributed by atoms with van der Waals surface area (Å²) in [4.78, 5) is 0. The van der Waals surface area contributed by atoms with Crippen molar-refractivity contribution in [2.24, 2.45) is 5.92 Å². The second-order valence-electron chi connectivity index (χ2n) is 3.40. The second-order valence-corrected chi connectivity index (χ2v) is 5.09. The molecule has 0 aliphatic carbocycles. The molecule has 0 spiro atoms. The van der Waals surface area contributed by atoms with E-state index < -0.39 is 0 Å². The quantitative estimate of drug-likeness (QED) is 0.865. The van der Waals surface area contributed by atoms with Crippen molar-refractivity contribution in [1.82, 2.24) is 5.32 Å². The third-order valence-corrected chi connectivity index (χ3v) is 3.20. The minimum absolute atomic E-state index is 0.711. The van der Waals surface area contributed by atoms with E-state index in [-0.39, 0.29) is 0 Å². The highest BCUT2D eigenvalue weighted by molar-refractivity contribution is 9.10. The van der Waals surface area contributed by atoms with Crippen LogP contribution in [0.25, 0.3) is 0 Å². The predicted octanol–water partition coefficient (Wildman–Crippen LogP) is 3.13. The molecule has 0 fully saturated rings.